The molecule has 1 fully saturated rings. The normalized spacial score (nSPS) is 31.8. The van der Waals surface area contributed by atoms with E-state index >= 15 is 0 Å². The number of hydrogen-bond donors (Lipinski definition) is 1. The lowest BCUT2D eigenvalue weighted by Crippen LogP contribution is -2.42. The summed E-state index contributed by atoms with van der Waals surface area (Å²) in [6.07, 6.45) is 2.61. The Balaban J connectivity index is 1.95. The molecule has 0 heterocycles. The molecule has 0 atom stereocenters. The van der Waals surface area contributed by atoms with Crippen LogP contribution >= 0.6 is 0 Å². The average molecular weight is 143 g/mol. The molecule has 0 bridgehead atoms. The molecule has 0 aromatic rings. The Hall–Kier alpha value is -0.0800. The number of nitrogens with one attached hydrogen (secondary N) is 1. The molecule has 60 valence electrons. The summed E-state index contributed by atoms with van der Waals surface area (Å²) in [5.41, 5.74) is 0. The van der Waals surface area contributed by atoms with Gasteiger partial charge in [-0.15, -0.1) is 0 Å². The van der Waals surface area contributed by atoms with Crippen LogP contribution in [0.3, 0.4) is 0 Å². The van der Waals surface area contributed by atoms with Crippen LogP contribution in [0, 0.1) is 5.92 Å². The lowest BCUT2D eigenvalue weighted by Gasteiger charge is -2.35. The van der Waals surface area contributed by atoms with Gasteiger partial charge in [0.05, 0.1) is 0 Å². The van der Waals surface area contributed by atoms with Crippen molar-refractivity contribution in [2.24, 2.45) is 5.92 Å². The van der Waals surface area contributed by atoms with Crippen LogP contribution in [0.4, 0.5) is 0 Å². The van der Waals surface area contributed by atoms with Gasteiger partial charge < -0.3 is 10.1 Å². The van der Waals surface area contributed by atoms with Crippen LogP contribution in [0.2, 0.25) is 0 Å². The predicted molar refractivity (Wildman–Crippen MR) is 42.1 cm³/mol. The van der Waals surface area contributed by atoms with Crippen LogP contribution in [0.25, 0.3) is 0 Å². The van der Waals surface area contributed by atoms with Crippen molar-refractivity contribution < 1.29 is 4.74 Å². The summed E-state index contributed by atoms with van der Waals surface area (Å²) in [6, 6.07) is 0.783. The van der Waals surface area contributed by atoms with Crippen molar-refractivity contribution in [2.75, 3.05) is 20.3 Å². The SMILES string of the molecule is CCN[C@H]1C[C@@H](COC)C1. The van der Waals surface area contributed by atoms with Gasteiger partial charge in [0, 0.05) is 19.8 Å². The van der Waals surface area contributed by atoms with E-state index in [1.165, 1.54) is 12.8 Å². The van der Waals surface area contributed by atoms with E-state index in [0.29, 0.717) is 0 Å². The Kier molecular flexibility index (Phi) is 3.16. The van der Waals surface area contributed by atoms with Crippen LogP contribution < -0.4 is 5.32 Å². The zero-order valence-corrected chi connectivity index (χ0v) is 6.89. The van der Waals surface area contributed by atoms with Gasteiger partial charge in [-0.05, 0) is 25.3 Å². The third-order valence-corrected chi connectivity index (χ3v) is 2.13. The van der Waals surface area contributed by atoms with E-state index in [1.54, 1.807) is 7.11 Å². The lowest BCUT2D eigenvalue weighted by molar-refractivity contribution is 0.0892. The molecule has 10 heavy (non-hydrogen) atoms. The second-order valence-corrected chi connectivity index (χ2v) is 3.05. The van der Waals surface area contributed by atoms with Gasteiger partial charge in [0.25, 0.3) is 0 Å². The molecule has 1 aliphatic rings. The molecular formula is C8H17NO. The monoisotopic (exact) mass is 143 g/mol. The Labute approximate surface area is 63.0 Å². The highest BCUT2D eigenvalue weighted by molar-refractivity contribution is 4.84. The molecule has 2 heteroatoms. The van der Waals surface area contributed by atoms with Gasteiger partial charge in [0.1, 0.15) is 0 Å². The summed E-state index contributed by atoms with van der Waals surface area (Å²) in [6.45, 7) is 4.20. The molecule has 0 saturated heterocycles. The van der Waals surface area contributed by atoms with E-state index in [4.69, 9.17) is 4.74 Å². The first-order valence-corrected chi connectivity index (χ1v) is 4.09. The van der Waals surface area contributed by atoms with Crippen LogP contribution in [0.1, 0.15) is 19.8 Å². The van der Waals surface area contributed by atoms with E-state index in [1.807, 2.05) is 0 Å². The van der Waals surface area contributed by atoms with Crippen molar-refractivity contribution >= 4 is 0 Å². The molecule has 1 N–H and O–H groups in total. The fourth-order valence-corrected chi connectivity index (χ4v) is 1.56. The van der Waals surface area contributed by atoms with Gasteiger partial charge in [-0.1, -0.05) is 6.92 Å². The van der Waals surface area contributed by atoms with E-state index < -0.39 is 0 Å². The summed E-state index contributed by atoms with van der Waals surface area (Å²) >= 11 is 0. The Morgan fingerprint density at radius 2 is 2.20 bits per heavy atom. The van der Waals surface area contributed by atoms with Gasteiger partial charge in [-0.2, -0.15) is 0 Å². The topological polar surface area (TPSA) is 21.3 Å². The highest BCUT2D eigenvalue weighted by Crippen LogP contribution is 2.26. The smallest absolute Gasteiger partial charge is 0.0491 e. The Morgan fingerprint density at radius 1 is 1.50 bits per heavy atom. The molecule has 0 spiro atoms. The molecule has 0 aromatic carbocycles. The second kappa shape index (κ2) is 3.94. The third-order valence-electron chi connectivity index (χ3n) is 2.13. The van der Waals surface area contributed by atoms with Crippen molar-refractivity contribution in [1.82, 2.24) is 5.32 Å². The molecular weight excluding hydrogens is 126 g/mol. The first-order chi connectivity index (χ1) is 4.86. The van der Waals surface area contributed by atoms with Crippen LogP contribution in [-0.2, 0) is 4.74 Å². The predicted octanol–water partition coefficient (Wildman–Crippen LogP) is 1.02. The first-order valence-electron chi connectivity index (χ1n) is 4.09. The molecule has 0 amide bonds. The Bertz CT molecular complexity index is 79.3. The van der Waals surface area contributed by atoms with Crippen molar-refractivity contribution in [1.29, 1.82) is 0 Å². The Morgan fingerprint density at radius 3 is 2.70 bits per heavy atom. The van der Waals surface area contributed by atoms with Crippen molar-refractivity contribution in [3.8, 4) is 0 Å². The maximum absolute atomic E-state index is 5.04. The minimum absolute atomic E-state index is 0.783. The van der Waals surface area contributed by atoms with Gasteiger partial charge >= 0.3 is 0 Å². The maximum atomic E-state index is 5.04. The van der Waals surface area contributed by atoms with E-state index in [2.05, 4.69) is 12.2 Å². The number of methoxy groups -OCH3 is 1. The van der Waals surface area contributed by atoms with Gasteiger partial charge in [0.2, 0.25) is 0 Å². The lowest BCUT2D eigenvalue weighted by atomic mass is 9.81. The zero-order chi connectivity index (χ0) is 7.40. The van der Waals surface area contributed by atoms with E-state index in [9.17, 15) is 0 Å². The van der Waals surface area contributed by atoms with E-state index in [0.717, 1.165) is 25.1 Å². The molecule has 0 aromatic heterocycles. The van der Waals surface area contributed by atoms with Gasteiger partial charge in [-0.25, -0.2) is 0 Å². The standard InChI is InChI=1S/C8H17NO/c1-3-9-8-4-7(5-8)6-10-2/h7-9H,3-6H2,1-2H3/t7-,8+. The highest BCUT2D eigenvalue weighted by atomic mass is 16.5. The number of ether oxygens (including phenoxy) is 1. The van der Waals surface area contributed by atoms with Crippen LogP contribution in [0.15, 0.2) is 0 Å². The fraction of sp³-hybridized carbons (Fsp3) is 1.00. The van der Waals surface area contributed by atoms with Gasteiger partial charge in [-0.3, -0.25) is 0 Å². The minimum atomic E-state index is 0.783. The molecule has 0 aliphatic heterocycles. The molecule has 1 aliphatic carbocycles. The maximum Gasteiger partial charge on any atom is 0.0491 e. The molecule has 2 nitrogen and oxygen atoms in total. The summed E-state index contributed by atoms with van der Waals surface area (Å²) in [5.74, 6) is 0.828. The molecule has 0 radical (unpaired) electrons. The second-order valence-electron chi connectivity index (χ2n) is 3.05. The van der Waals surface area contributed by atoms with Crippen molar-refractivity contribution in [3.63, 3.8) is 0 Å². The summed E-state index contributed by atoms with van der Waals surface area (Å²) in [4.78, 5) is 0. The summed E-state index contributed by atoms with van der Waals surface area (Å²) in [5, 5.41) is 3.41. The van der Waals surface area contributed by atoms with Crippen molar-refractivity contribution in [2.45, 2.75) is 25.8 Å². The quantitative estimate of drug-likeness (QED) is 0.634. The third kappa shape index (κ3) is 1.96. The summed E-state index contributed by atoms with van der Waals surface area (Å²) < 4.78 is 5.04. The average Bonchev–Trinajstić information content (AvgIpc) is 1.84. The van der Waals surface area contributed by atoms with Crippen LogP contribution in [0.5, 0.6) is 0 Å². The molecule has 1 rings (SSSR count). The van der Waals surface area contributed by atoms with Crippen LogP contribution in [-0.4, -0.2) is 26.3 Å². The highest BCUT2D eigenvalue weighted by Gasteiger charge is 2.27. The fourth-order valence-electron chi connectivity index (χ4n) is 1.56. The minimum Gasteiger partial charge on any atom is -0.384 e. The first kappa shape index (κ1) is 8.02. The molecule has 1 saturated carbocycles. The summed E-state index contributed by atoms with van der Waals surface area (Å²) in [7, 11) is 1.78. The zero-order valence-electron chi connectivity index (χ0n) is 6.89. The van der Waals surface area contributed by atoms with E-state index in [-0.39, 0.29) is 0 Å². The largest absolute Gasteiger partial charge is 0.384 e. The molecule has 0 unspecified atom stereocenters. The van der Waals surface area contributed by atoms with Crippen molar-refractivity contribution in [3.05, 3.63) is 0 Å². The number of hydrogen-bond acceptors (Lipinski definition) is 2. The van der Waals surface area contributed by atoms with Gasteiger partial charge in [0.15, 0.2) is 0 Å². The number of rotatable bonds is 4.